The van der Waals surface area contributed by atoms with Crippen LogP contribution in [-0.2, 0) is 13.0 Å². The maximum atomic E-state index is 5.63. The van der Waals surface area contributed by atoms with Gasteiger partial charge < -0.3 is 4.74 Å². The predicted molar refractivity (Wildman–Crippen MR) is 55.1 cm³/mol. The summed E-state index contributed by atoms with van der Waals surface area (Å²) in [5, 5.41) is 4.18. The highest BCUT2D eigenvalue weighted by atomic mass is 16.5. The molecule has 0 saturated carbocycles. The summed E-state index contributed by atoms with van der Waals surface area (Å²) in [4.78, 5) is 4.13. The minimum atomic E-state index is 0.500. The number of hydrogen-bond donors (Lipinski definition) is 0. The Morgan fingerprint density at radius 3 is 3.27 bits per heavy atom. The summed E-state index contributed by atoms with van der Waals surface area (Å²) in [5.74, 6) is 1.75. The van der Waals surface area contributed by atoms with E-state index in [1.165, 1.54) is 5.56 Å². The molecule has 4 nitrogen and oxygen atoms in total. The SMILES string of the molecule is CCc1ccc2c(c1)OCc1ncnn1-2. The zero-order valence-electron chi connectivity index (χ0n) is 8.47. The van der Waals surface area contributed by atoms with E-state index in [4.69, 9.17) is 4.74 Å². The van der Waals surface area contributed by atoms with E-state index in [9.17, 15) is 0 Å². The van der Waals surface area contributed by atoms with E-state index in [-0.39, 0.29) is 0 Å². The highest BCUT2D eigenvalue weighted by Gasteiger charge is 2.18. The Morgan fingerprint density at radius 2 is 2.40 bits per heavy atom. The van der Waals surface area contributed by atoms with Crippen molar-refractivity contribution in [1.82, 2.24) is 14.8 Å². The summed E-state index contributed by atoms with van der Waals surface area (Å²) >= 11 is 0. The molecule has 4 heteroatoms. The summed E-state index contributed by atoms with van der Waals surface area (Å²) in [7, 11) is 0. The number of ether oxygens (including phenoxy) is 1. The molecule has 76 valence electrons. The van der Waals surface area contributed by atoms with Crippen LogP contribution in [-0.4, -0.2) is 14.8 Å². The van der Waals surface area contributed by atoms with Crippen LogP contribution in [0.5, 0.6) is 5.75 Å². The first-order valence-corrected chi connectivity index (χ1v) is 5.03. The van der Waals surface area contributed by atoms with Crippen molar-refractivity contribution in [2.24, 2.45) is 0 Å². The number of hydrogen-bond acceptors (Lipinski definition) is 3. The van der Waals surface area contributed by atoms with Gasteiger partial charge in [0.25, 0.3) is 0 Å². The molecule has 0 unspecified atom stereocenters. The van der Waals surface area contributed by atoms with E-state index >= 15 is 0 Å². The van der Waals surface area contributed by atoms with Crippen molar-refractivity contribution >= 4 is 0 Å². The van der Waals surface area contributed by atoms with E-state index in [1.54, 1.807) is 6.33 Å². The third kappa shape index (κ3) is 1.21. The Kier molecular flexibility index (Phi) is 1.74. The molecule has 3 rings (SSSR count). The first kappa shape index (κ1) is 8.47. The standard InChI is InChI=1S/C11H11N3O/c1-2-8-3-4-9-10(5-8)15-6-11-12-7-13-14(9)11/h3-5,7H,2,6H2,1H3. The van der Waals surface area contributed by atoms with E-state index < -0.39 is 0 Å². The van der Waals surface area contributed by atoms with Gasteiger partial charge in [-0.2, -0.15) is 5.10 Å². The van der Waals surface area contributed by atoms with Crippen LogP contribution >= 0.6 is 0 Å². The molecular formula is C11H11N3O. The van der Waals surface area contributed by atoms with Crippen LogP contribution in [0.3, 0.4) is 0 Å². The summed E-state index contributed by atoms with van der Waals surface area (Å²) in [6, 6.07) is 6.20. The number of benzene rings is 1. The smallest absolute Gasteiger partial charge is 0.170 e. The molecule has 0 spiro atoms. The highest BCUT2D eigenvalue weighted by Crippen LogP contribution is 2.29. The summed E-state index contributed by atoms with van der Waals surface area (Å²) in [5.41, 5.74) is 2.25. The molecule has 0 aliphatic carbocycles. The van der Waals surface area contributed by atoms with Gasteiger partial charge in [-0.05, 0) is 24.1 Å². The molecule has 0 radical (unpaired) electrons. The lowest BCUT2D eigenvalue weighted by molar-refractivity contribution is 0.276. The van der Waals surface area contributed by atoms with Gasteiger partial charge in [0.15, 0.2) is 5.82 Å². The van der Waals surface area contributed by atoms with Crippen LogP contribution in [0.1, 0.15) is 18.3 Å². The summed E-state index contributed by atoms with van der Waals surface area (Å²) in [6.07, 6.45) is 2.57. The number of fused-ring (bicyclic) bond motifs is 3. The molecule has 0 bridgehead atoms. The van der Waals surface area contributed by atoms with Crippen LogP contribution in [0, 0.1) is 0 Å². The minimum absolute atomic E-state index is 0.500. The van der Waals surface area contributed by atoms with E-state index in [2.05, 4.69) is 29.1 Å². The van der Waals surface area contributed by atoms with Crippen molar-refractivity contribution in [3.05, 3.63) is 35.9 Å². The molecule has 15 heavy (non-hydrogen) atoms. The largest absolute Gasteiger partial charge is 0.483 e. The van der Waals surface area contributed by atoms with Crippen molar-refractivity contribution in [3.63, 3.8) is 0 Å². The molecule has 1 aromatic carbocycles. The van der Waals surface area contributed by atoms with Gasteiger partial charge in [0.05, 0.1) is 0 Å². The lowest BCUT2D eigenvalue weighted by atomic mass is 10.1. The molecule has 0 fully saturated rings. The summed E-state index contributed by atoms with van der Waals surface area (Å²) in [6.45, 7) is 2.63. The Morgan fingerprint density at radius 1 is 1.47 bits per heavy atom. The molecule has 0 N–H and O–H groups in total. The molecule has 1 aliphatic rings. The Bertz CT molecular complexity index is 504. The zero-order chi connectivity index (χ0) is 10.3. The third-order valence-corrected chi connectivity index (χ3v) is 2.64. The third-order valence-electron chi connectivity index (χ3n) is 2.64. The van der Waals surface area contributed by atoms with Gasteiger partial charge in [-0.1, -0.05) is 13.0 Å². The number of nitrogens with zero attached hydrogens (tertiary/aromatic N) is 3. The molecule has 2 heterocycles. The number of rotatable bonds is 1. The van der Waals surface area contributed by atoms with Crippen molar-refractivity contribution in [1.29, 1.82) is 0 Å². The van der Waals surface area contributed by atoms with Crippen LogP contribution in [0.15, 0.2) is 24.5 Å². The first-order valence-electron chi connectivity index (χ1n) is 5.03. The van der Waals surface area contributed by atoms with Crippen LogP contribution < -0.4 is 4.74 Å². The van der Waals surface area contributed by atoms with Gasteiger partial charge in [-0.3, -0.25) is 0 Å². The average Bonchev–Trinajstić information content (AvgIpc) is 2.76. The Labute approximate surface area is 87.5 Å². The van der Waals surface area contributed by atoms with Crippen molar-refractivity contribution in [2.45, 2.75) is 20.0 Å². The fourth-order valence-electron chi connectivity index (χ4n) is 1.78. The second kappa shape index (κ2) is 3.08. The normalized spacial score (nSPS) is 12.9. The van der Waals surface area contributed by atoms with Crippen LogP contribution in [0.2, 0.25) is 0 Å². The first-order chi connectivity index (χ1) is 7.38. The molecule has 2 aromatic rings. The van der Waals surface area contributed by atoms with Crippen LogP contribution in [0.4, 0.5) is 0 Å². The maximum Gasteiger partial charge on any atom is 0.170 e. The van der Waals surface area contributed by atoms with Crippen LogP contribution in [0.25, 0.3) is 5.69 Å². The lowest BCUT2D eigenvalue weighted by Gasteiger charge is -2.18. The van der Waals surface area contributed by atoms with Crippen molar-refractivity contribution in [3.8, 4) is 11.4 Å². The number of aryl methyl sites for hydroxylation is 1. The van der Waals surface area contributed by atoms with Gasteiger partial charge >= 0.3 is 0 Å². The van der Waals surface area contributed by atoms with Crippen molar-refractivity contribution < 1.29 is 4.74 Å². The van der Waals surface area contributed by atoms with Gasteiger partial charge in [0.2, 0.25) is 0 Å². The minimum Gasteiger partial charge on any atom is -0.483 e. The number of aromatic nitrogens is 3. The molecule has 0 atom stereocenters. The zero-order valence-corrected chi connectivity index (χ0v) is 8.47. The highest BCUT2D eigenvalue weighted by molar-refractivity contribution is 5.50. The lowest BCUT2D eigenvalue weighted by Crippen LogP contribution is -2.14. The molecule has 0 amide bonds. The van der Waals surface area contributed by atoms with Crippen molar-refractivity contribution in [2.75, 3.05) is 0 Å². The van der Waals surface area contributed by atoms with E-state index in [1.807, 2.05) is 10.7 Å². The molecule has 1 aromatic heterocycles. The second-order valence-corrected chi connectivity index (χ2v) is 3.53. The fourth-order valence-corrected chi connectivity index (χ4v) is 1.78. The average molecular weight is 201 g/mol. The Hall–Kier alpha value is -1.84. The predicted octanol–water partition coefficient (Wildman–Crippen LogP) is 1.72. The van der Waals surface area contributed by atoms with Gasteiger partial charge in [0, 0.05) is 0 Å². The monoisotopic (exact) mass is 201 g/mol. The molecule has 1 aliphatic heterocycles. The topological polar surface area (TPSA) is 39.9 Å². The summed E-state index contributed by atoms with van der Waals surface area (Å²) < 4.78 is 7.46. The second-order valence-electron chi connectivity index (χ2n) is 3.53. The fraction of sp³-hybridized carbons (Fsp3) is 0.273. The van der Waals surface area contributed by atoms with E-state index in [0.717, 1.165) is 23.7 Å². The Balaban J connectivity index is 2.18. The quantitative estimate of drug-likeness (QED) is 0.705. The molecular weight excluding hydrogens is 190 g/mol. The van der Waals surface area contributed by atoms with Gasteiger partial charge in [-0.15, -0.1) is 0 Å². The van der Waals surface area contributed by atoms with Gasteiger partial charge in [-0.25, -0.2) is 9.67 Å². The van der Waals surface area contributed by atoms with Gasteiger partial charge in [0.1, 0.15) is 24.4 Å². The molecule has 0 saturated heterocycles. The van der Waals surface area contributed by atoms with E-state index in [0.29, 0.717) is 6.61 Å². The maximum absolute atomic E-state index is 5.63.